The average Bonchev–Trinajstić information content (AvgIpc) is 3.51. The molecule has 1 atom stereocenters. The Morgan fingerprint density at radius 3 is 2.38 bits per heavy atom. The van der Waals surface area contributed by atoms with Crippen molar-refractivity contribution in [1.82, 2.24) is 4.98 Å². The van der Waals surface area contributed by atoms with E-state index in [0.717, 1.165) is 11.6 Å². The number of furan rings is 1. The van der Waals surface area contributed by atoms with Crippen molar-refractivity contribution in [2.24, 2.45) is 0 Å². The van der Waals surface area contributed by atoms with Crippen LogP contribution in [0.4, 0.5) is 23.4 Å². The van der Waals surface area contributed by atoms with Gasteiger partial charge in [0.15, 0.2) is 5.82 Å². The maximum atomic E-state index is 16.0. The number of nitrogens with zero attached hydrogens (tertiary/aromatic N) is 2. The fraction of sp³-hybridized carbons (Fsp3) is 0.323. The van der Waals surface area contributed by atoms with Crippen molar-refractivity contribution < 1.29 is 35.8 Å². The fourth-order valence-electron chi connectivity index (χ4n) is 4.51. The SMILES string of the molecule is CC(C)(C)[Si](C)(C)Oc1cccc(-c2c[n+]3c(c(Cc4ccccc4)n2)NC(Cc2ccc(C(F)(F)F)o2)C3=O)c1F. The Labute approximate surface area is 242 Å². The predicted molar refractivity (Wildman–Crippen MR) is 152 cm³/mol. The molecule has 6 nitrogen and oxygen atoms in total. The summed E-state index contributed by atoms with van der Waals surface area (Å²) in [6.07, 6.45) is -2.95. The van der Waals surface area contributed by atoms with Gasteiger partial charge in [0.2, 0.25) is 11.8 Å². The number of aromatic nitrogens is 2. The zero-order valence-electron chi connectivity index (χ0n) is 24.0. The van der Waals surface area contributed by atoms with Gasteiger partial charge in [0.25, 0.3) is 8.32 Å². The van der Waals surface area contributed by atoms with Gasteiger partial charge in [-0.2, -0.15) is 17.7 Å². The van der Waals surface area contributed by atoms with Gasteiger partial charge in [0.05, 0.1) is 6.42 Å². The van der Waals surface area contributed by atoms with Crippen LogP contribution in [-0.4, -0.2) is 25.3 Å². The molecule has 1 aliphatic heterocycles. The van der Waals surface area contributed by atoms with Crippen molar-refractivity contribution in [1.29, 1.82) is 0 Å². The van der Waals surface area contributed by atoms with Crippen molar-refractivity contribution >= 4 is 20.0 Å². The highest BCUT2D eigenvalue weighted by Gasteiger charge is 2.43. The van der Waals surface area contributed by atoms with E-state index in [9.17, 15) is 18.0 Å². The molecule has 5 rings (SSSR count). The van der Waals surface area contributed by atoms with Crippen LogP contribution in [0.5, 0.6) is 5.75 Å². The van der Waals surface area contributed by atoms with E-state index < -0.39 is 38.0 Å². The van der Waals surface area contributed by atoms with Gasteiger partial charge >= 0.3 is 17.9 Å². The van der Waals surface area contributed by atoms with Crippen LogP contribution in [-0.2, 0) is 19.0 Å². The van der Waals surface area contributed by atoms with Crippen LogP contribution < -0.4 is 14.3 Å². The maximum Gasteiger partial charge on any atom is 0.449 e. The number of benzene rings is 2. The lowest BCUT2D eigenvalue weighted by Gasteiger charge is -2.36. The highest BCUT2D eigenvalue weighted by Crippen LogP contribution is 2.39. The van der Waals surface area contributed by atoms with Crippen LogP contribution in [0.2, 0.25) is 18.1 Å². The molecule has 2 aromatic heterocycles. The van der Waals surface area contributed by atoms with Crippen LogP contribution in [0.1, 0.15) is 48.3 Å². The van der Waals surface area contributed by atoms with Gasteiger partial charge in [-0.3, -0.25) is 5.32 Å². The molecule has 1 aliphatic rings. The minimum absolute atomic E-state index is 0.0147. The van der Waals surface area contributed by atoms with Crippen molar-refractivity contribution in [3.8, 4) is 17.0 Å². The number of fused-ring (bicyclic) bond motifs is 1. The molecule has 0 bridgehead atoms. The topological polar surface area (TPSA) is 68.2 Å². The van der Waals surface area contributed by atoms with Gasteiger partial charge in [-0.05, 0) is 48.0 Å². The Balaban J connectivity index is 1.54. The minimum Gasteiger partial charge on any atom is -0.542 e. The summed E-state index contributed by atoms with van der Waals surface area (Å²) in [4.78, 5) is 18.3. The standard InChI is InChI=1S/C31H31F4N3O3Si/c1-30(2,3)42(4,5)41-25-13-9-12-21(27(25)32)24-18-38-28(22(36-24)16-19-10-7-6-8-11-19)37-23(29(38)39)17-20-14-15-26(40-20)31(33,34)35/h6-15,18,23H,16-17H2,1-5H3/p+1. The summed E-state index contributed by atoms with van der Waals surface area (Å²) in [5.41, 5.74) is 1.81. The van der Waals surface area contributed by atoms with Crippen LogP contribution in [0.25, 0.3) is 11.3 Å². The molecule has 0 fully saturated rings. The molecule has 0 spiro atoms. The average molecular weight is 599 g/mol. The molecule has 11 heteroatoms. The van der Waals surface area contributed by atoms with Crippen molar-refractivity contribution in [3.63, 3.8) is 0 Å². The summed E-state index contributed by atoms with van der Waals surface area (Å²) >= 11 is 0. The Bertz CT molecular complexity index is 1630. The Morgan fingerprint density at radius 1 is 1.02 bits per heavy atom. The Kier molecular flexibility index (Phi) is 7.51. The normalized spacial score (nSPS) is 15.5. The first kappa shape index (κ1) is 29.5. The highest BCUT2D eigenvalue weighted by molar-refractivity contribution is 6.74. The number of alkyl halides is 3. The molecule has 0 amide bonds. The van der Waals surface area contributed by atoms with E-state index in [1.807, 2.05) is 43.4 Å². The van der Waals surface area contributed by atoms with Gasteiger partial charge < -0.3 is 8.84 Å². The number of hydrogen-bond donors (Lipinski definition) is 1. The minimum atomic E-state index is -4.63. The first-order valence-electron chi connectivity index (χ1n) is 13.6. The molecule has 3 heterocycles. The monoisotopic (exact) mass is 598 g/mol. The number of carbonyl (C=O) groups excluding carboxylic acids is 1. The first-order chi connectivity index (χ1) is 19.6. The molecule has 220 valence electrons. The summed E-state index contributed by atoms with van der Waals surface area (Å²) in [5, 5.41) is 2.97. The van der Waals surface area contributed by atoms with Crippen LogP contribution in [0, 0.1) is 5.82 Å². The number of hydrogen-bond acceptors (Lipinski definition) is 5. The summed E-state index contributed by atoms with van der Waals surface area (Å²) in [5.74, 6) is -1.59. The summed E-state index contributed by atoms with van der Waals surface area (Å²) in [7, 11) is -2.36. The van der Waals surface area contributed by atoms with E-state index >= 15 is 4.39 Å². The lowest BCUT2D eigenvalue weighted by Crippen LogP contribution is -2.44. The molecular formula is C31H32F4N3O3Si+. The Morgan fingerprint density at radius 2 is 1.74 bits per heavy atom. The van der Waals surface area contributed by atoms with Crippen molar-refractivity contribution in [3.05, 3.63) is 95.5 Å². The molecular weight excluding hydrogens is 566 g/mol. The van der Waals surface area contributed by atoms with Crippen molar-refractivity contribution in [2.45, 2.75) is 64.0 Å². The summed E-state index contributed by atoms with van der Waals surface area (Å²) in [6.45, 7) is 10.3. The highest BCUT2D eigenvalue weighted by atomic mass is 28.4. The maximum absolute atomic E-state index is 16.0. The molecule has 0 saturated heterocycles. The molecule has 1 N–H and O–H groups in total. The van der Waals surface area contributed by atoms with Crippen LogP contribution in [0.3, 0.4) is 0 Å². The summed E-state index contributed by atoms with van der Waals surface area (Å²) in [6, 6.07) is 15.5. The molecule has 0 radical (unpaired) electrons. The van der Waals surface area contributed by atoms with Crippen molar-refractivity contribution in [2.75, 3.05) is 5.32 Å². The zero-order valence-corrected chi connectivity index (χ0v) is 25.0. The third-order valence-electron chi connectivity index (χ3n) is 7.84. The number of rotatable bonds is 7. The van der Waals surface area contributed by atoms with E-state index in [1.165, 1.54) is 16.8 Å². The van der Waals surface area contributed by atoms with E-state index in [-0.39, 0.29) is 34.2 Å². The predicted octanol–water partition coefficient (Wildman–Crippen LogP) is 7.44. The number of nitrogens with one attached hydrogen (secondary N) is 1. The third-order valence-corrected chi connectivity index (χ3v) is 12.2. The second-order valence-electron chi connectivity index (χ2n) is 11.9. The molecule has 2 aromatic carbocycles. The molecule has 0 aliphatic carbocycles. The van der Waals surface area contributed by atoms with Gasteiger partial charge in [-0.15, -0.1) is 0 Å². The van der Waals surface area contributed by atoms with E-state index in [0.29, 0.717) is 17.9 Å². The molecule has 4 aromatic rings. The van der Waals surface area contributed by atoms with Gasteiger partial charge in [0, 0.05) is 12.0 Å². The Hall–Kier alpha value is -3.99. The van der Waals surface area contributed by atoms with E-state index in [1.54, 1.807) is 18.2 Å². The van der Waals surface area contributed by atoms with Gasteiger partial charge in [0.1, 0.15) is 29.1 Å². The van der Waals surface area contributed by atoms with Gasteiger partial charge in [-0.1, -0.05) is 57.2 Å². The number of anilines is 1. The second kappa shape index (κ2) is 10.7. The third kappa shape index (κ3) is 5.83. The summed E-state index contributed by atoms with van der Waals surface area (Å²) < 4.78 is 67.8. The first-order valence-corrected chi connectivity index (χ1v) is 16.5. The fourth-order valence-corrected chi connectivity index (χ4v) is 5.53. The van der Waals surface area contributed by atoms with E-state index in [2.05, 4.69) is 26.1 Å². The largest absolute Gasteiger partial charge is 0.542 e. The number of carbonyl (C=O) groups is 1. The lowest BCUT2D eigenvalue weighted by molar-refractivity contribution is -0.552. The smallest absolute Gasteiger partial charge is 0.449 e. The molecule has 1 unspecified atom stereocenters. The molecule has 0 saturated carbocycles. The van der Waals surface area contributed by atoms with E-state index in [4.69, 9.17) is 13.8 Å². The zero-order chi connectivity index (χ0) is 30.4. The molecule has 42 heavy (non-hydrogen) atoms. The van der Waals surface area contributed by atoms with Crippen LogP contribution >= 0.6 is 0 Å². The second-order valence-corrected chi connectivity index (χ2v) is 16.7. The van der Waals surface area contributed by atoms with Gasteiger partial charge in [-0.25, -0.2) is 14.2 Å². The quantitative estimate of drug-likeness (QED) is 0.136. The van der Waals surface area contributed by atoms with Crippen LogP contribution in [0.15, 0.2) is 71.3 Å². The number of halogens is 4. The lowest BCUT2D eigenvalue weighted by atomic mass is 10.1.